The van der Waals surface area contributed by atoms with Crippen molar-refractivity contribution in [3.8, 4) is 0 Å². The number of aliphatic hydroxyl groups is 1. The van der Waals surface area contributed by atoms with Crippen molar-refractivity contribution in [3.63, 3.8) is 0 Å². The average Bonchev–Trinajstić information content (AvgIpc) is 2.92. The van der Waals surface area contributed by atoms with Crippen LogP contribution in [0.1, 0.15) is 11.1 Å². The Morgan fingerprint density at radius 1 is 1.05 bits per heavy atom. The van der Waals surface area contributed by atoms with Crippen LogP contribution in [0.2, 0.25) is 0 Å². The number of benzene rings is 1. The number of fused-ring (bicyclic) bond motifs is 1. The zero-order valence-corrected chi connectivity index (χ0v) is 11.1. The molecule has 1 N–H and O–H groups in total. The van der Waals surface area contributed by atoms with Crippen LogP contribution in [0.3, 0.4) is 0 Å². The van der Waals surface area contributed by atoms with Crippen molar-refractivity contribution in [2.45, 2.75) is 13.2 Å². The van der Waals surface area contributed by atoms with Crippen LogP contribution in [0.25, 0.3) is 10.1 Å². The summed E-state index contributed by atoms with van der Waals surface area (Å²) in [5.41, 5.74) is 1.98. The lowest BCUT2D eigenvalue weighted by molar-refractivity contribution is 0.282. The van der Waals surface area contributed by atoms with Gasteiger partial charge in [0.2, 0.25) is 0 Å². The lowest BCUT2D eigenvalue weighted by Gasteiger charge is -2.06. The predicted molar refractivity (Wildman–Crippen MR) is 77.6 cm³/mol. The van der Waals surface area contributed by atoms with Crippen LogP contribution < -0.4 is 5.56 Å². The summed E-state index contributed by atoms with van der Waals surface area (Å²) in [7, 11) is 0. The molecular formula is C15H13NO2S. The van der Waals surface area contributed by atoms with Gasteiger partial charge in [0.25, 0.3) is 5.56 Å². The van der Waals surface area contributed by atoms with E-state index in [-0.39, 0.29) is 12.2 Å². The van der Waals surface area contributed by atoms with Crippen LogP contribution >= 0.6 is 11.3 Å². The fraction of sp³-hybridized carbons (Fsp3) is 0.133. The van der Waals surface area contributed by atoms with Gasteiger partial charge in [-0.3, -0.25) is 4.79 Å². The van der Waals surface area contributed by atoms with E-state index in [0.29, 0.717) is 6.54 Å². The molecular weight excluding hydrogens is 258 g/mol. The predicted octanol–water partition coefficient (Wildman–Crippen LogP) is 2.60. The minimum Gasteiger partial charge on any atom is -0.392 e. The molecule has 3 nitrogen and oxygen atoms in total. The summed E-state index contributed by atoms with van der Waals surface area (Å²) in [6.45, 7) is 0.595. The molecule has 0 bridgehead atoms. The zero-order valence-electron chi connectivity index (χ0n) is 10.2. The topological polar surface area (TPSA) is 42.2 Å². The van der Waals surface area contributed by atoms with Gasteiger partial charge < -0.3 is 9.67 Å². The smallest absolute Gasteiger partial charge is 0.259 e. The zero-order chi connectivity index (χ0) is 13.2. The first-order valence-electron chi connectivity index (χ1n) is 6.03. The molecule has 0 atom stereocenters. The molecule has 3 aromatic rings. The third kappa shape index (κ3) is 2.32. The Morgan fingerprint density at radius 2 is 1.79 bits per heavy atom. The standard InChI is InChI=1S/C15H13NO2S/c17-10-12-3-1-11(2-4-12)9-16-7-5-14-13(15(16)18)6-8-19-14/h1-8,17H,9-10H2. The molecule has 0 amide bonds. The van der Waals surface area contributed by atoms with Crippen molar-refractivity contribution >= 4 is 21.4 Å². The highest BCUT2D eigenvalue weighted by Gasteiger charge is 2.04. The van der Waals surface area contributed by atoms with Gasteiger partial charge in [-0.1, -0.05) is 24.3 Å². The number of hydrogen-bond donors (Lipinski definition) is 1. The molecule has 19 heavy (non-hydrogen) atoms. The summed E-state index contributed by atoms with van der Waals surface area (Å²) < 4.78 is 2.74. The Balaban J connectivity index is 1.95. The van der Waals surface area contributed by atoms with Gasteiger partial charge >= 0.3 is 0 Å². The highest BCUT2D eigenvalue weighted by molar-refractivity contribution is 7.17. The SMILES string of the molecule is O=c1c2ccsc2ccn1Cc1ccc(CO)cc1. The number of pyridine rings is 1. The van der Waals surface area contributed by atoms with Crippen molar-refractivity contribution in [2.75, 3.05) is 0 Å². The second-order valence-electron chi connectivity index (χ2n) is 4.42. The van der Waals surface area contributed by atoms with Gasteiger partial charge in [0, 0.05) is 10.9 Å². The van der Waals surface area contributed by atoms with Gasteiger partial charge in [-0.15, -0.1) is 11.3 Å². The Morgan fingerprint density at radius 3 is 2.53 bits per heavy atom. The minimum atomic E-state index is 0.0427. The summed E-state index contributed by atoms with van der Waals surface area (Å²) >= 11 is 1.58. The number of aromatic nitrogens is 1. The van der Waals surface area contributed by atoms with Gasteiger partial charge in [-0.2, -0.15) is 0 Å². The van der Waals surface area contributed by atoms with E-state index in [1.54, 1.807) is 15.9 Å². The molecule has 0 aliphatic rings. The van der Waals surface area contributed by atoms with E-state index in [1.165, 1.54) is 0 Å². The Kier molecular flexibility index (Phi) is 3.19. The summed E-state index contributed by atoms with van der Waals surface area (Å²) in [4.78, 5) is 12.2. The molecule has 4 heteroatoms. The number of nitrogens with zero attached hydrogens (tertiary/aromatic N) is 1. The molecule has 0 radical (unpaired) electrons. The van der Waals surface area contributed by atoms with Gasteiger partial charge in [-0.25, -0.2) is 0 Å². The summed E-state index contributed by atoms with van der Waals surface area (Å²) in [6.07, 6.45) is 1.83. The van der Waals surface area contributed by atoms with Crippen molar-refractivity contribution in [1.29, 1.82) is 0 Å². The average molecular weight is 271 g/mol. The van der Waals surface area contributed by atoms with Crippen LogP contribution in [0.4, 0.5) is 0 Å². The van der Waals surface area contributed by atoms with E-state index >= 15 is 0 Å². The molecule has 3 rings (SSSR count). The third-order valence-electron chi connectivity index (χ3n) is 3.15. The number of aliphatic hydroxyl groups excluding tert-OH is 1. The maximum absolute atomic E-state index is 12.2. The second-order valence-corrected chi connectivity index (χ2v) is 5.37. The van der Waals surface area contributed by atoms with Crippen LogP contribution in [-0.2, 0) is 13.2 Å². The first-order valence-corrected chi connectivity index (χ1v) is 6.91. The van der Waals surface area contributed by atoms with Crippen molar-refractivity contribution in [2.24, 2.45) is 0 Å². The van der Waals surface area contributed by atoms with E-state index in [4.69, 9.17) is 5.11 Å². The molecule has 0 saturated heterocycles. The molecule has 0 saturated carbocycles. The largest absolute Gasteiger partial charge is 0.392 e. The van der Waals surface area contributed by atoms with Gasteiger partial charge in [0.1, 0.15) is 0 Å². The molecule has 0 spiro atoms. The van der Waals surface area contributed by atoms with E-state index in [9.17, 15) is 4.79 Å². The van der Waals surface area contributed by atoms with Crippen molar-refractivity contribution < 1.29 is 5.11 Å². The van der Waals surface area contributed by atoms with Crippen molar-refractivity contribution in [3.05, 3.63) is 69.5 Å². The maximum atomic E-state index is 12.2. The van der Waals surface area contributed by atoms with E-state index in [2.05, 4.69) is 0 Å². The first-order chi connectivity index (χ1) is 9.28. The quantitative estimate of drug-likeness (QED) is 0.795. The molecule has 1 aromatic carbocycles. The van der Waals surface area contributed by atoms with E-state index < -0.39 is 0 Å². The number of hydrogen-bond acceptors (Lipinski definition) is 3. The van der Waals surface area contributed by atoms with E-state index in [0.717, 1.165) is 21.2 Å². The van der Waals surface area contributed by atoms with Crippen LogP contribution in [0.15, 0.2) is 52.8 Å². The highest BCUT2D eigenvalue weighted by atomic mass is 32.1. The monoisotopic (exact) mass is 271 g/mol. The van der Waals surface area contributed by atoms with Gasteiger partial charge in [0.05, 0.1) is 18.5 Å². The molecule has 2 heterocycles. The molecule has 0 aliphatic heterocycles. The normalized spacial score (nSPS) is 11.0. The number of thiophene rings is 1. The van der Waals surface area contributed by atoms with Gasteiger partial charge in [0.15, 0.2) is 0 Å². The Labute approximate surface area is 114 Å². The molecule has 0 fully saturated rings. The van der Waals surface area contributed by atoms with Crippen molar-refractivity contribution in [1.82, 2.24) is 4.57 Å². The lowest BCUT2D eigenvalue weighted by Crippen LogP contribution is -2.19. The molecule has 96 valence electrons. The summed E-state index contributed by atoms with van der Waals surface area (Å²) in [5.74, 6) is 0. The molecule has 0 aliphatic carbocycles. The van der Waals surface area contributed by atoms with Gasteiger partial charge in [-0.05, 0) is 28.6 Å². The summed E-state index contributed by atoms with van der Waals surface area (Å²) in [5, 5.41) is 11.7. The fourth-order valence-corrected chi connectivity index (χ4v) is 2.85. The molecule has 0 unspecified atom stereocenters. The Hall–Kier alpha value is -1.91. The fourth-order valence-electron chi connectivity index (χ4n) is 2.08. The second kappa shape index (κ2) is 4.99. The first kappa shape index (κ1) is 12.1. The minimum absolute atomic E-state index is 0.0427. The van der Waals surface area contributed by atoms with Crippen LogP contribution in [-0.4, -0.2) is 9.67 Å². The lowest BCUT2D eigenvalue weighted by atomic mass is 10.1. The summed E-state index contributed by atoms with van der Waals surface area (Å²) in [6, 6.07) is 11.5. The Bertz CT molecular complexity index is 756. The van der Waals surface area contributed by atoms with Crippen LogP contribution in [0.5, 0.6) is 0 Å². The van der Waals surface area contributed by atoms with Crippen LogP contribution in [0, 0.1) is 0 Å². The molecule has 2 aromatic heterocycles. The van der Waals surface area contributed by atoms with E-state index in [1.807, 2.05) is 48.0 Å². The highest BCUT2D eigenvalue weighted by Crippen LogP contribution is 2.16. The maximum Gasteiger partial charge on any atom is 0.259 e. The third-order valence-corrected chi connectivity index (χ3v) is 4.03. The number of rotatable bonds is 3.